The predicted molar refractivity (Wildman–Crippen MR) is 75.4 cm³/mol. The van der Waals surface area contributed by atoms with Crippen LogP contribution in [0.4, 0.5) is 0 Å². The molecule has 0 atom stereocenters. The molecule has 2 heteroatoms. The predicted octanol–water partition coefficient (Wildman–Crippen LogP) is 3.96. The first-order chi connectivity index (χ1) is 8.84. The van der Waals surface area contributed by atoms with Crippen molar-refractivity contribution in [3.05, 3.63) is 11.6 Å². The van der Waals surface area contributed by atoms with Gasteiger partial charge in [0.25, 0.3) is 0 Å². The fourth-order valence-electron chi connectivity index (χ4n) is 3.22. The molecule has 0 aromatic rings. The largest absolute Gasteiger partial charge is 0.356 e. The zero-order chi connectivity index (χ0) is 12.6. The van der Waals surface area contributed by atoms with Gasteiger partial charge in [-0.25, -0.2) is 0 Å². The Hall–Kier alpha value is -0.790. The minimum Gasteiger partial charge on any atom is -0.356 e. The molecular formula is C16H27NO. The smallest absolute Gasteiger partial charge is 0.220 e. The second-order valence-electron chi connectivity index (χ2n) is 5.92. The monoisotopic (exact) mass is 249 g/mol. The lowest BCUT2D eigenvalue weighted by atomic mass is 9.87. The standard InChI is InChI=1S/C16H27NO/c18-16(13-15-9-5-2-6-10-15)17-12-11-14-7-3-1-4-8-14/h7,15H,1-6,8-13H2,(H,17,18). The fraction of sp³-hybridized carbons (Fsp3) is 0.812. The molecule has 1 fully saturated rings. The summed E-state index contributed by atoms with van der Waals surface area (Å²) in [6, 6.07) is 0. The van der Waals surface area contributed by atoms with Crippen LogP contribution in [0.1, 0.15) is 70.6 Å². The molecule has 102 valence electrons. The van der Waals surface area contributed by atoms with Gasteiger partial charge in [0.15, 0.2) is 0 Å². The van der Waals surface area contributed by atoms with Crippen LogP contribution in [0.2, 0.25) is 0 Å². The Morgan fingerprint density at radius 3 is 2.72 bits per heavy atom. The molecule has 2 rings (SSSR count). The van der Waals surface area contributed by atoms with E-state index >= 15 is 0 Å². The van der Waals surface area contributed by atoms with Gasteiger partial charge in [0.05, 0.1) is 0 Å². The van der Waals surface area contributed by atoms with Crippen LogP contribution in [0.3, 0.4) is 0 Å². The van der Waals surface area contributed by atoms with E-state index in [2.05, 4.69) is 11.4 Å². The summed E-state index contributed by atoms with van der Waals surface area (Å²) in [7, 11) is 0. The van der Waals surface area contributed by atoms with Gasteiger partial charge in [-0.3, -0.25) is 4.79 Å². The molecule has 1 amide bonds. The molecule has 2 nitrogen and oxygen atoms in total. The van der Waals surface area contributed by atoms with Gasteiger partial charge in [-0.15, -0.1) is 0 Å². The average molecular weight is 249 g/mol. The highest BCUT2D eigenvalue weighted by Gasteiger charge is 2.16. The minimum atomic E-state index is 0.276. The van der Waals surface area contributed by atoms with Crippen molar-refractivity contribution in [3.8, 4) is 0 Å². The lowest BCUT2D eigenvalue weighted by molar-refractivity contribution is -0.122. The first-order valence-electron chi connectivity index (χ1n) is 7.79. The third-order valence-corrected chi connectivity index (χ3v) is 4.35. The van der Waals surface area contributed by atoms with Crippen LogP contribution in [0.25, 0.3) is 0 Å². The molecule has 18 heavy (non-hydrogen) atoms. The molecular weight excluding hydrogens is 222 g/mol. The maximum Gasteiger partial charge on any atom is 0.220 e. The van der Waals surface area contributed by atoms with Crippen molar-refractivity contribution in [2.45, 2.75) is 70.6 Å². The van der Waals surface area contributed by atoms with Crippen molar-refractivity contribution < 1.29 is 4.79 Å². The van der Waals surface area contributed by atoms with Crippen molar-refractivity contribution in [2.24, 2.45) is 5.92 Å². The average Bonchev–Trinajstić information content (AvgIpc) is 2.41. The molecule has 0 bridgehead atoms. The van der Waals surface area contributed by atoms with E-state index < -0.39 is 0 Å². The van der Waals surface area contributed by atoms with E-state index in [0.29, 0.717) is 5.92 Å². The Morgan fingerprint density at radius 2 is 2.00 bits per heavy atom. The van der Waals surface area contributed by atoms with Gasteiger partial charge in [0, 0.05) is 13.0 Å². The second kappa shape index (κ2) is 7.60. The Kier molecular flexibility index (Phi) is 5.76. The summed E-state index contributed by atoms with van der Waals surface area (Å²) in [5.74, 6) is 0.936. The molecule has 0 heterocycles. The highest BCUT2D eigenvalue weighted by molar-refractivity contribution is 5.76. The van der Waals surface area contributed by atoms with Crippen molar-refractivity contribution in [1.29, 1.82) is 0 Å². The van der Waals surface area contributed by atoms with Crippen LogP contribution in [0.15, 0.2) is 11.6 Å². The Labute approximate surface area is 111 Å². The molecule has 1 N–H and O–H groups in total. The molecule has 2 aliphatic rings. The SMILES string of the molecule is O=C(CC1CCCCC1)NCCC1=CCCCC1. The van der Waals surface area contributed by atoms with E-state index in [1.807, 2.05) is 0 Å². The van der Waals surface area contributed by atoms with Gasteiger partial charge in [-0.05, 0) is 50.9 Å². The first-order valence-corrected chi connectivity index (χ1v) is 7.79. The Bertz CT molecular complexity index is 289. The van der Waals surface area contributed by atoms with E-state index in [0.717, 1.165) is 19.4 Å². The van der Waals surface area contributed by atoms with Gasteiger partial charge in [-0.2, -0.15) is 0 Å². The van der Waals surface area contributed by atoms with Crippen molar-refractivity contribution >= 4 is 5.91 Å². The molecule has 0 spiro atoms. The molecule has 0 saturated heterocycles. The van der Waals surface area contributed by atoms with Crippen LogP contribution in [0, 0.1) is 5.92 Å². The summed E-state index contributed by atoms with van der Waals surface area (Å²) in [5.41, 5.74) is 1.55. The van der Waals surface area contributed by atoms with Crippen LogP contribution in [-0.4, -0.2) is 12.5 Å². The third-order valence-electron chi connectivity index (χ3n) is 4.35. The van der Waals surface area contributed by atoms with Gasteiger partial charge in [-0.1, -0.05) is 30.9 Å². The van der Waals surface area contributed by atoms with Crippen LogP contribution >= 0.6 is 0 Å². The molecule has 0 aromatic carbocycles. The minimum absolute atomic E-state index is 0.276. The number of nitrogens with one attached hydrogen (secondary N) is 1. The summed E-state index contributed by atoms with van der Waals surface area (Å²) in [6.07, 6.45) is 15.9. The van der Waals surface area contributed by atoms with Gasteiger partial charge in [0.1, 0.15) is 0 Å². The van der Waals surface area contributed by atoms with Gasteiger partial charge in [0.2, 0.25) is 5.91 Å². The van der Waals surface area contributed by atoms with Crippen LogP contribution in [0.5, 0.6) is 0 Å². The van der Waals surface area contributed by atoms with E-state index in [1.54, 1.807) is 5.57 Å². The van der Waals surface area contributed by atoms with E-state index in [4.69, 9.17) is 0 Å². The highest BCUT2D eigenvalue weighted by atomic mass is 16.1. The number of rotatable bonds is 5. The fourth-order valence-corrected chi connectivity index (χ4v) is 3.22. The zero-order valence-corrected chi connectivity index (χ0v) is 11.5. The van der Waals surface area contributed by atoms with Crippen molar-refractivity contribution in [2.75, 3.05) is 6.54 Å². The summed E-state index contributed by atoms with van der Waals surface area (Å²) >= 11 is 0. The van der Waals surface area contributed by atoms with E-state index in [-0.39, 0.29) is 5.91 Å². The number of hydrogen-bond acceptors (Lipinski definition) is 1. The molecule has 0 aromatic heterocycles. The highest BCUT2D eigenvalue weighted by Crippen LogP contribution is 2.26. The Balaban J connectivity index is 1.57. The third kappa shape index (κ3) is 4.83. The summed E-state index contributed by atoms with van der Waals surface area (Å²) in [5, 5.41) is 3.10. The van der Waals surface area contributed by atoms with Crippen molar-refractivity contribution in [1.82, 2.24) is 5.32 Å². The lowest BCUT2D eigenvalue weighted by Gasteiger charge is -2.21. The van der Waals surface area contributed by atoms with Gasteiger partial charge < -0.3 is 5.32 Å². The lowest BCUT2D eigenvalue weighted by Crippen LogP contribution is -2.27. The number of allylic oxidation sites excluding steroid dienone is 1. The quantitative estimate of drug-likeness (QED) is 0.734. The maximum atomic E-state index is 11.8. The van der Waals surface area contributed by atoms with E-state index in [9.17, 15) is 4.79 Å². The number of carbonyl (C=O) groups is 1. The molecule has 1 saturated carbocycles. The molecule has 0 radical (unpaired) electrons. The summed E-state index contributed by atoms with van der Waals surface area (Å²) in [6.45, 7) is 0.845. The summed E-state index contributed by atoms with van der Waals surface area (Å²) < 4.78 is 0. The Morgan fingerprint density at radius 1 is 1.17 bits per heavy atom. The van der Waals surface area contributed by atoms with Crippen LogP contribution in [-0.2, 0) is 4.79 Å². The van der Waals surface area contributed by atoms with E-state index in [1.165, 1.54) is 57.8 Å². The van der Waals surface area contributed by atoms with Crippen molar-refractivity contribution in [3.63, 3.8) is 0 Å². The zero-order valence-electron chi connectivity index (χ0n) is 11.5. The van der Waals surface area contributed by atoms with Crippen LogP contribution < -0.4 is 5.32 Å². The normalized spacial score (nSPS) is 21.4. The summed E-state index contributed by atoms with van der Waals surface area (Å²) in [4.78, 5) is 11.8. The number of carbonyl (C=O) groups excluding carboxylic acids is 1. The topological polar surface area (TPSA) is 29.1 Å². The molecule has 0 aliphatic heterocycles. The van der Waals surface area contributed by atoms with Gasteiger partial charge >= 0.3 is 0 Å². The number of hydrogen-bond donors (Lipinski definition) is 1. The first kappa shape index (κ1) is 13.6. The second-order valence-corrected chi connectivity index (χ2v) is 5.92. The molecule has 2 aliphatic carbocycles. The number of amides is 1. The molecule has 0 unspecified atom stereocenters. The maximum absolute atomic E-state index is 11.8.